The first-order valence-electron chi connectivity index (χ1n) is 4.61. The molecule has 0 heterocycles. The fourth-order valence-electron chi connectivity index (χ4n) is 1.21. The van der Waals surface area contributed by atoms with Crippen LogP contribution in [0.4, 0.5) is 0 Å². The molecule has 0 aliphatic heterocycles. The minimum absolute atomic E-state index is 0.283. The lowest BCUT2D eigenvalue weighted by Gasteiger charge is -2.11. The molecule has 1 aromatic rings. The number of ketones is 1. The maximum atomic E-state index is 11.8. The van der Waals surface area contributed by atoms with E-state index >= 15 is 0 Å². The Labute approximate surface area is 99.7 Å². The van der Waals surface area contributed by atoms with Crippen molar-refractivity contribution < 1.29 is 13.2 Å². The van der Waals surface area contributed by atoms with Crippen LogP contribution < -0.4 is 4.72 Å². The zero-order valence-corrected chi connectivity index (χ0v) is 10.3. The van der Waals surface area contributed by atoms with Crippen LogP contribution in [0.25, 0.3) is 0 Å². The lowest BCUT2D eigenvalue weighted by atomic mass is 10.1. The summed E-state index contributed by atoms with van der Waals surface area (Å²) < 4.78 is 24.5. The number of benzene rings is 1. The van der Waals surface area contributed by atoms with Crippen molar-refractivity contribution in [3.05, 3.63) is 35.9 Å². The molecule has 0 fully saturated rings. The topological polar surface area (TPSA) is 63.2 Å². The highest BCUT2D eigenvalue weighted by atomic mass is 35.5. The number of hydrogen-bond donors (Lipinski definition) is 1. The third-order valence-corrected chi connectivity index (χ3v) is 3.81. The zero-order valence-electron chi connectivity index (χ0n) is 8.68. The number of Topliss-reactive ketones (excluding diaryl/α,β-unsaturated/α-hetero) is 1. The van der Waals surface area contributed by atoms with Crippen molar-refractivity contribution in [2.45, 2.75) is 13.0 Å². The van der Waals surface area contributed by atoms with Crippen molar-refractivity contribution in [1.29, 1.82) is 0 Å². The van der Waals surface area contributed by atoms with E-state index in [-0.39, 0.29) is 5.78 Å². The predicted octanol–water partition coefficient (Wildman–Crippen LogP) is 1.37. The maximum Gasteiger partial charge on any atom is 0.226 e. The van der Waals surface area contributed by atoms with Gasteiger partial charge in [-0.1, -0.05) is 30.3 Å². The van der Waals surface area contributed by atoms with E-state index in [1.54, 1.807) is 30.3 Å². The highest BCUT2D eigenvalue weighted by Crippen LogP contribution is 2.04. The largest absolute Gasteiger partial charge is 0.292 e. The summed E-state index contributed by atoms with van der Waals surface area (Å²) in [4.78, 5) is 11.8. The molecule has 1 aromatic carbocycles. The Balaban J connectivity index is 2.77. The number of alkyl halides is 1. The van der Waals surface area contributed by atoms with E-state index in [0.717, 1.165) is 0 Å². The fourth-order valence-corrected chi connectivity index (χ4v) is 2.10. The minimum atomic E-state index is -3.58. The minimum Gasteiger partial charge on any atom is -0.292 e. The van der Waals surface area contributed by atoms with Gasteiger partial charge in [0.25, 0.3) is 0 Å². The fraction of sp³-hybridized carbons (Fsp3) is 0.300. The normalized spacial score (nSPS) is 13.4. The van der Waals surface area contributed by atoms with Gasteiger partial charge >= 0.3 is 0 Å². The Bertz CT molecular complexity index is 458. The molecular weight excluding hydrogens is 250 g/mol. The van der Waals surface area contributed by atoms with Crippen LogP contribution in [0, 0.1) is 0 Å². The highest BCUT2D eigenvalue weighted by molar-refractivity contribution is 7.90. The molecule has 0 saturated carbocycles. The third-order valence-electron chi connectivity index (χ3n) is 1.95. The molecule has 1 rings (SSSR count). The predicted molar refractivity (Wildman–Crippen MR) is 63.0 cm³/mol. The van der Waals surface area contributed by atoms with Gasteiger partial charge in [-0.3, -0.25) is 4.79 Å². The molecule has 0 aliphatic carbocycles. The summed E-state index contributed by atoms with van der Waals surface area (Å²) in [7, 11) is -3.58. The van der Waals surface area contributed by atoms with Gasteiger partial charge in [-0.15, -0.1) is 11.6 Å². The van der Waals surface area contributed by atoms with Crippen LogP contribution in [0.2, 0.25) is 0 Å². The van der Waals surface area contributed by atoms with Gasteiger partial charge in [0.2, 0.25) is 10.0 Å². The molecule has 0 amide bonds. The standard InChI is InChI=1S/C10H12ClNO3S/c1-8(12-16(14,15)7-11)10(13)9-5-3-2-4-6-9/h2-6,8,12H,7H2,1H3. The smallest absolute Gasteiger partial charge is 0.226 e. The molecular formula is C10H12ClNO3S. The van der Waals surface area contributed by atoms with Crippen LogP contribution in [0.1, 0.15) is 17.3 Å². The number of carbonyl (C=O) groups excluding carboxylic acids is 1. The van der Waals surface area contributed by atoms with Gasteiger partial charge < -0.3 is 0 Å². The summed E-state index contributed by atoms with van der Waals surface area (Å²) in [6.07, 6.45) is 0. The van der Waals surface area contributed by atoms with Crippen molar-refractivity contribution in [1.82, 2.24) is 4.72 Å². The summed E-state index contributed by atoms with van der Waals surface area (Å²) >= 11 is 5.23. The summed E-state index contributed by atoms with van der Waals surface area (Å²) in [5.41, 5.74) is 0.465. The van der Waals surface area contributed by atoms with Crippen molar-refractivity contribution in [2.75, 3.05) is 5.21 Å². The first-order chi connectivity index (χ1) is 7.46. The van der Waals surface area contributed by atoms with Gasteiger partial charge in [0.05, 0.1) is 6.04 Å². The molecule has 0 spiro atoms. The van der Waals surface area contributed by atoms with Gasteiger partial charge in [-0.2, -0.15) is 0 Å². The van der Waals surface area contributed by atoms with Gasteiger partial charge in [-0.05, 0) is 6.92 Å². The van der Waals surface area contributed by atoms with Gasteiger partial charge in [0.15, 0.2) is 5.78 Å². The van der Waals surface area contributed by atoms with Crippen molar-refractivity contribution in [3.8, 4) is 0 Å². The first kappa shape index (κ1) is 13.2. The molecule has 1 N–H and O–H groups in total. The second-order valence-corrected chi connectivity index (χ2v) is 5.63. The Kier molecular flexibility index (Phi) is 4.46. The molecule has 0 aromatic heterocycles. The van der Waals surface area contributed by atoms with Crippen LogP contribution >= 0.6 is 11.6 Å². The first-order valence-corrected chi connectivity index (χ1v) is 6.80. The molecule has 16 heavy (non-hydrogen) atoms. The van der Waals surface area contributed by atoms with Crippen LogP contribution in [-0.4, -0.2) is 25.5 Å². The summed E-state index contributed by atoms with van der Waals surface area (Å²) in [5.74, 6) is -0.283. The van der Waals surface area contributed by atoms with E-state index < -0.39 is 21.3 Å². The second kappa shape index (κ2) is 5.43. The molecule has 88 valence electrons. The van der Waals surface area contributed by atoms with Crippen molar-refractivity contribution in [2.24, 2.45) is 0 Å². The Hall–Kier alpha value is -0.910. The van der Waals surface area contributed by atoms with E-state index in [4.69, 9.17) is 11.6 Å². The molecule has 1 atom stereocenters. The molecule has 0 saturated heterocycles. The van der Waals surface area contributed by atoms with Crippen LogP contribution in [-0.2, 0) is 10.0 Å². The van der Waals surface area contributed by atoms with Gasteiger partial charge in [0.1, 0.15) is 5.21 Å². The summed E-state index contributed by atoms with van der Waals surface area (Å²) in [5, 5.41) is -0.556. The lowest BCUT2D eigenvalue weighted by Crippen LogP contribution is -2.38. The number of halogens is 1. The van der Waals surface area contributed by atoms with E-state index in [1.807, 2.05) is 0 Å². The molecule has 4 nitrogen and oxygen atoms in total. The lowest BCUT2D eigenvalue weighted by molar-refractivity contribution is 0.0961. The quantitative estimate of drug-likeness (QED) is 0.643. The summed E-state index contributed by atoms with van der Waals surface area (Å²) in [6.45, 7) is 1.49. The molecule has 0 radical (unpaired) electrons. The molecule has 6 heteroatoms. The van der Waals surface area contributed by atoms with Crippen LogP contribution in [0.3, 0.4) is 0 Å². The highest BCUT2D eigenvalue weighted by Gasteiger charge is 2.20. The SMILES string of the molecule is CC(NS(=O)(=O)CCl)C(=O)c1ccccc1. The second-order valence-electron chi connectivity index (χ2n) is 3.29. The maximum absolute atomic E-state index is 11.8. The Morgan fingerprint density at radius 1 is 1.38 bits per heavy atom. The third kappa shape index (κ3) is 3.59. The number of sulfonamides is 1. The monoisotopic (exact) mass is 261 g/mol. The Morgan fingerprint density at radius 3 is 2.44 bits per heavy atom. The van der Waals surface area contributed by atoms with Crippen molar-refractivity contribution in [3.63, 3.8) is 0 Å². The summed E-state index contributed by atoms with van der Waals surface area (Å²) in [6, 6.07) is 7.67. The zero-order chi connectivity index (χ0) is 12.2. The average molecular weight is 262 g/mol. The van der Waals surface area contributed by atoms with Gasteiger partial charge in [0, 0.05) is 5.56 Å². The van der Waals surface area contributed by atoms with Crippen LogP contribution in [0.15, 0.2) is 30.3 Å². The van der Waals surface area contributed by atoms with E-state index in [0.29, 0.717) is 5.56 Å². The Morgan fingerprint density at radius 2 is 1.94 bits per heavy atom. The van der Waals surface area contributed by atoms with E-state index in [2.05, 4.69) is 4.72 Å². The van der Waals surface area contributed by atoms with Crippen molar-refractivity contribution >= 4 is 27.4 Å². The number of hydrogen-bond acceptors (Lipinski definition) is 3. The number of carbonyl (C=O) groups is 1. The number of rotatable bonds is 5. The van der Waals surface area contributed by atoms with Crippen LogP contribution in [0.5, 0.6) is 0 Å². The molecule has 1 unspecified atom stereocenters. The van der Waals surface area contributed by atoms with E-state index in [1.165, 1.54) is 6.92 Å². The molecule has 0 bridgehead atoms. The average Bonchev–Trinajstić information content (AvgIpc) is 2.28. The van der Waals surface area contributed by atoms with E-state index in [9.17, 15) is 13.2 Å². The molecule has 0 aliphatic rings. The number of nitrogens with one attached hydrogen (secondary N) is 1. The van der Waals surface area contributed by atoms with Gasteiger partial charge in [-0.25, -0.2) is 13.1 Å².